The highest BCUT2D eigenvalue weighted by Gasteiger charge is 2.38. The standard InChI is InChI=1S/C39H43NO8S2/c1-6-43-30(4)46-34-12-20-37(21-13-34)49(48-50(41,42)39-16-8-29(3)9-17-39,38-22-14-35(15-23-38)47-31(5)44-7-2)36-18-10-33(11-19-36)45-28-32-24-26-40-27-25-32/h8-27,30-31H,6-7,28H2,1-5H3. The van der Waals surface area contributed by atoms with E-state index in [0.717, 1.165) is 11.1 Å². The van der Waals surface area contributed by atoms with E-state index in [1.165, 1.54) is 0 Å². The zero-order valence-corrected chi connectivity index (χ0v) is 30.5. The molecule has 0 saturated heterocycles. The van der Waals surface area contributed by atoms with Crippen LogP contribution in [0.5, 0.6) is 17.2 Å². The Labute approximate surface area is 296 Å². The van der Waals surface area contributed by atoms with Crippen molar-refractivity contribution in [2.75, 3.05) is 13.2 Å². The topological polar surface area (TPSA) is 102 Å². The summed E-state index contributed by atoms with van der Waals surface area (Å²) in [6, 6.07) is 32.3. The molecule has 11 heteroatoms. The van der Waals surface area contributed by atoms with Crippen LogP contribution in [0.15, 0.2) is 141 Å². The van der Waals surface area contributed by atoms with Crippen molar-refractivity contribution in [2.24, 2.45) is 0 Å². The summed E-state index contributed by atoms with van der Waals surface area (Å²) in [5.41, 5.74) is 1.90. The molecule has 0 aliphatic carbocycles. The summed E-state index contributed by atoms with van der Waals surface area (Å²) < 4.78 is 64.2. The van der Waals surface area contributed by atoms with E-state index in [9.17, 15) is 8.42 Å². The molecule has 2 atom stereocenters. The van der Waals surface area contributed by atoms with Gasteiger partial charge < -0.3 is 23.7 Å². The number of hydrogen-bond acceptors (Lipinski definition) is 9. The second-order valence-corrected chi connectivity index (χ2v) is 15.7. The summed E-state index contributed by atoms with van der Waals surface area (Å²) in [6.45, 7) is 10.7. The lowest BCUT2D eigenvalue weighted by atomic mass is 10.2. The largest absolute Gasteiger partial charge is 0.489 e. The Bertz CT molecular complexity index is 1830. The Morgan fingerprint density at radius 2 is 1.00 bits per heavy atom. The molecule has 0 aliphatic heterocycles. The normalized spacial score (nSPS) is 14.6. The van der Waals surface area contributed by atoms with Crippen molar-refractivity contribution < 1.29 is 35.7 Å². The fourth-order valence-electron chi connectivity index (χ4n) is 5.12. The van der Waals surface area contributed by atoms with Gasteiger partial charge in [0.15, 0.2) is 12.6 Å². The SMILES string of the molecule is CCOC(C)Oc1ccc(S(OS(=O)(=O)c2ccc(C)cc2)(c2ccc(OCc3ccncc3)cc2)c2ccc(OC(C)OCC)cc2)cc1. The molecule has 0 N–H and O–H groups in total. The maximum atomic E-state index is 14.3. The number of pyridine rings is 1. The maximum Gasteiger partial charge on any atom is 0.307 e. The third-order valence-electron chi connectivity index (χ3n) is 7.53. The van der Waals surface area contributed by atoms with E-state index in [4.69, 9.17) is 27.3 Å². The number of aromatic nitrogens is 1. The first-order chi connectivity index (χ1) is 24.1. The van der Waals surface area contributed by atoms with Crippen LogP contribution < -0.4 is 14.2 Å². The van der Waals surface area contributed by atoms with Crippen molar-refractivity contribution in [1.82, 2.24) is 4.98 Å². The quantitative estimate of drug-likeness (QED) is 0.0872. The molecule has 9 nitrogen and oxygen atoms in total. The van der Waals surface area contributed by atoms with Crippen molar-refractivity contribution in [2.45, 2.75) is 73.4 Å². The van der Waals surface area contributed by atoms with E-state index in [1.807, 2.05) is 95.3 Å². The summed E-state index contributed by atoms with van der Waals surface area (Å²) in [6.07, 6.45) is 2.50. The Hall–Kier alpha value is -4.39. The van der Waals surface area contributed by atoms with Gasteiger partial charge in [-0.25, -0.2) is 3.63 Å². The number of aryl methyl sites for hydroxylation is 1. The number of rotatable bonds is 17. The van der Waals surface area contributed by atoms with Crippen molar-refractivity contribution >= 4 is 20.4 Å². The van der Waals surface area contributed by atoms with Gasteiger partial charge in [-0.3, -0.25) is 4.98 Å². The molecule has 0 bridgehead atoms. The van der Waals surface area contributed by atoms with Gasteiger partial charge >= 0.3 is 10.1 Å². The number of ether oxygens (including phenoxy) is 5. The zero-order valence-electron chi connectivity index (χ0n) is 28.9. The third kappa shape index (κ3) is 9.23. The van der Waals surface area contributed by atoms with E-state index in [-0.39, 0.29) is 4.90 Å². The maximum absolute atomic E-state index is 14.3. The molecular weight excluding hydrogens is 675 g/mol. The second kappa shape index (κ2) is 17.0. The number of nitrogens with zero attached hydrogens (tertiary/aromatic N) is 1. The predicted molar refractivity (Wildman–Crippen MR) is 193 cm³/mol. The fourth-order valence-corrected chi connectivity index (χ4v) is 10.3. The molecule has 50 heavy (non-hydrogen) atoms. The van der Waals surface area contributed by atoms with Crippen molar-refractivity contribution in [3.05, 3.63) is 133 Å². The first-order valence-electron chi connectivity index (χ1n) is 16.4. The molecule has 0 amide bonds. The first kappa shape index (κ1) is 36.9. The van der Waals surface area contributed by atoms with E-state index < -0.39 is 33.0 Å². The Morgan fingerprint density at radius 1 is 0.580 bits per heavy atom. The average molecular weight is 718 g/mol. The molecule has 4 aromatic carbocycles. The molecule has 0 radical (unpaired) electrons. The summed E-state index contributed by atoms with van der Waals surface area (Å²) in [7, 11) is -7.28. The Morgan fingerprint density at radius 3 is 1.44 bits per heavy atom. The molecule has 5 rings (SSSR count). The van der Waals surface area contributed by atoms with Crippen molar-refractivity contribution in [3.8, 4) is 17.2 Å². The minimum absolute atomic E-state index is 0.0493. The van der Waals surface area contributed by atoms with Gasteiger partial charge in [-0.2, -0.15) is 8.42 Å². The lowest BCUT2D eigenvalue weighted by Crippen LogP contribution is -2.17. The van der Waals surface area contributed by atoms with Crippen LogP contribution in [0.25, 0.3) is 0 Å². The van der Waals surface area contributed by atoms with E-state index in [2.05, 4.69) is 4.98 Å². The number of benzene rings is 4. The summed E-state index contributed by atoms with van der Waals surface area (Å²) in [4.78, 5) is 6.01. The average Bonchev–Trinajstić information content (AvgIpc) is 3.11. The molecule has 264 valence electrons. The van der Waals surface area contributed by atoms with Crippen LogP contribution >= 0.6 is 10.3 Å². The Balaban J connectivity index is 1.63. The van der Waals surface area contributed by atoms with Gasteiger partial charge in [0.1, 0.15) is 23.9 Å². The van der Waals surface area contributed by atoms with Gasteiger partial charge in [0, 0.05) is 40.3 Å². The summed E-state index contributed by atoms with van der Waals surface area (Å²) in [5, 5.41) is 0. The molecule has 0 spiro atoms. The molecule has 0 fully saturated rings. The van der Waals surface area contributed by atoms with Gasteiger partial charge in [-0.1, -0.05) is 17.7 Å². The Kier molecular flexibility index (Phi) is 12.6. The van der Waals surface area contributed by atoms with Gasteiger partial charge in [-0.15, -0.1) is 0 Å². The van der Waals surface area contributed by atoms with Gasteiger partial charge in [-0.05, 0) is 148 Å². The molecule has 2 unspecified atom stereocenters. The van der Waals surface area contributed by atoms with Gasteiger partial charge in [0.2, 0.25) is 0 Å². The van der Waals surface area contributed by atoms with Crippen LogP contribution in [0, 0.1) is 6.92 Å². The zero-order chi connectivity index (χ0) is 35.6. The van der Waals surface area contributed by atoms with Crippen molar-refractivity contribution in [1.29, 1.82) is 0 Å². The molecule has 0 saturated carbocycles. The third-order valence-corrected chi connectivity index (χ3v) is 12.7. The first-order valence-corrected chi connectivity index (χ1v) is 19.3. The van der Waals surface area contributed by atoms with Crippen LogP contribution in [-0.4, -0.2) is 39.2 Å². The lowest BCUT2D eigenvalue weighted by molar-refractivity contribution is -0.0616. The van der Waals surface area contributed by atoms with Gasteiger partial charge in [0.25, 0.3) is 0 Å². The highest BCUT2D eigenvalue weighted by Crippen LogP contribution is 2.70. The van der Waals surface area contributed by atoms with E-state index >= 15 is 0 Å². The number of hydrogen-bond donors (Lipinski definition) is 0. The second-order valence-electron chi connectivity index (χ2n) is 11.2. The van der Waals surface area contributed by atoms with Gasteiger partial charge in [0.05, 0.1) is 4.90 Å². The predicted octanol–water partition coefficient (Wildman–Crippen LogP) is 9.09. The fraction of sp³-hybridized carbons (Fsp3) is 0.256. The minimum atomic E-state index is -4.31. The van der Waals surface area contributed by atoms with E-state index in [1.54, 1.807) is 60.9 Å². The molecule has 5 aromatic rings. The minimum Gasteiger partial charge on any atom is -0.489 e. The highest BCUT2D eigenvalue weighted by atomic mass is 32.3. The summed E-state index contributed by atoms with van der Waals surface area (Å²) in [5.74, 6) is 1.75. The lowest BCUT2D eigenvalue weighted by Gasteiger charge is -2.39. The van der Waals surface area contributed by atoms with Crippen LogP contribution in [0.4, 0.5) is 0 Å². The van der Waals surface area contributed by atoms with Crippen LogP contribution in [0.1, 0.15) is 38.8 Å². The molecule has 1 heterocycles. The smallest absolute Gasteiger partial charge is 0.307 e. The van der Waals surface area contributed by atoms with Crippen LogP contribution in [-0.2, 0) is 29.8 Å². The molecule has 1 aromatic heterocycles. The van der Waals surface area contributed by atoms with Crippen molar-refractivity contribution in [3.63, 3.8) is 0 Å². The van der Waals surface area contributed by atoms with Crippen LogP contribution in [0.3, 0.4) is 0 Å². The van der Waals surface area contributed by atoms with Crippen LogP contribution in [0.2, 0.25) is 0 Å². The monoisotopic (exact) mass is 717 g/mol. The summed E-state index contributed by atoms with van der Waals surface area (Å²) >= 11 is 0. The highest BCUT2D eigenvalue weighted by molar-refractivity contribution is 8.33. The molecular formula is C39H43NO8S2. The molecule has 0 aliphatic rings. The van der Waals surface area contributed by atoms with E-state index in [0.29, 0.717) is 51.8 Å².